The highest BCUT2D eigenvalue weighted by Crippen LogP contribution is 2.36. The van der Waals surface area contributed by atoms with E-state index < -0.39 is 5.54 Å². The molecule has 25 heavy (non-hydrogen) atoms. The normalized spacial score (nSPS) is 19.7. The smallest absolute Gasteiger partial charge is 0.242 e. The van der Waals surface area contributed by atoms with Gasteiger partial charge in [-0.25, -0.2) is 9.97 Å². The summed E-state index contributed by atoms with van der Waals surface area (Å²) >= 11 is 7.29. The van der Waals surface area contributed by atoms with Gasteiger partial charge in [0.2, 0.25) is 5.91 Å². The second-order valence-electron chi connectivity index (χ2n) is 6.76. The lowest BCUT2D eigenvalue weighted by atomic mass is 9.92. The number of amides is 1. The first-order chi connectivity index (χ1) is 12.0. The fourth-order valence-corrected chi connectivity index (χ4v) is 4.03. The van der Waals surface area contributed by atoms with Gasteiger partial charge in [-0.3, -0.25) is 4.79 Å². The fraction of sp³-hybridized carbons (Fsp3) is 0.471. The third-order valence-electron chi connectivity index (χ3n) is 4.90. The predicted octanol–water partition coefficient (Wildman–Crippen LogP) is 3.13. The minimum Gasteiger partial charge on any atom is -0.341 e. The van der Waals surface area contributed by atoms with Crippen molar-refractivity contribution in [2.75, 3.05) is 18.4 Å². The summed E-state index contributed by atoms with van der Waals surface area (Å²) in [4.78, 5) is 23.2. The molecule has 0 bridgehead atoms. The van der Waals surface area contributed by atoms with Gasteiger partial charge in [0.1, 0.15) is 10.2 Å². The molecule has 0 radical (unpaired) electrons. The molecule has 0 unspecified atom stereocenters. The van der Waals surface area contributed by atoms with Crippen LogP contribution in [0.15, 0.2) is 24.4 Å². The Balaban J connectivity index is 1.39. The van der Waals surface area contributed by atoms with E-state index in [1.807, 2.05) is 23.1 Å². The lowest BCUT2D eigenvalue weighted by Crippen LogP contribution is -2.48. The summed E-state index contributed by atoms with van der Waals surface area (Å²) in [6.07, 6.45) is 5.10. The zero-order valence-electron chi connectivity index (χ0n) is 13.7. The third-order valence-corrected chi connectivity index (χ3v) is 5.93. The van der Waals surface area contributed by atoms with Gasteiger partial charge in [0.05, 0.1) is 11.7 Å². The number of hydrogen-bond acceptors (Lipinski definition) is 6. The number of thiazole rings is 1. The molecule has 8 heteroatoms. The maximum atomic E-state index is 12.3. The Hall–Kier alpha value is -1.70. The van der Waals surface area contributed by atoms with Crippen LogP contribution < -0.4 is 11.1 Å². The van der Waals surface area contributed by atoms with Crippen molar-refractivity contribution >= 4 is 39.8 Å². The summed E-state index contributed by atoms with van der Waals surface area (Å²) < 4.78 is 0.643. The Morgan fingerprint density at radius 1 is 1.36 bits per heavy atom. The zero-order chi connectivity index (χ0) is 17.4. The van der Waals surface area contributed by atoms with Crippen LogP contribution >= 0.6 is 22.9 Å². The molecule has 2 aromatic heterocycles. The highest BCUT2D eigenvalue weighted by molar-refractivity contribution is 7.19. The van der Waals surface area contributed by atoms with Gasteiger partial charge in [-0.2, -0.15) is 0 Å². The zero-order valence-corrected chi connectivity index (χ0v) is 15.3. The molecule has 1 aliphatic carbocycles. The van der Waals surface area contributed by atoms with Crippen LogP contribution in [0.5, 0.6) is 0 Å². The maximum absolute atomic E-state index is 12.3. The van der Waals surface area contributed by atoms with Crippen LogP contribution in [0.3, 0.4) is 0 Å². The van der Waals surface area contributed by atoms with Crippen LogP contribution in [0.2, 0.25) is 4.34 Å². The van der Waals surface area contributed by atoms with Gasteiger partial charge in [-0.05, 0) is 37.8 Å². The number of carbonyl (C=O) groups is 1. The van der Waals surface area contributed by atoms with Crippen molar-refractivity contribution in [1.29, 1.82) is 0 Å². The first-order valence-electron chi connectivity index (χ1n) is 8.47. The van der Waals surface area contributed by atoms with Crippen molar-refractivity contribution in [3.05, 3.63) is 34.4 Å². The Kier molecular flexibility index (Phi) is 4.39. The van der Waals surface area contributed by atoms with E-state index in [2.05, 4.69) is 10.3 Å². The molecule has 132 valence electrons. The summed E-state index contributed by atoms with van der Waals surface area (Å²) in [5.41, 5.74) is 6.52. The van der Waals surface area contributed by atoms with Crippen molar-refractivity contribution in [1.82, 2.24) is 14.9 Å². The maximum Gasteiger partial charge on any atom is 0.242 e. The average Bonchev–Trinajstić information content (AvgIpc) is 3.25. The number of nitrogens with one attached hydrogen (secondary N) is 1. The lowest BCUT2D eigenvalue weighted by molar-refractivity contribution is -0.134. The molecule has 6 nitrogen and oxygen atoms in total. The number of nitrogens with zero attached hydrogens (tertiary/aromatic N) is 3. The van der Waals surface area contributed by atoms with Crippen molar-refractivity contribution in [2.45, 2.75) is 37.1 Å². The Labute approximate surface area is 155 Å². The number of piperidine rings is 1. The number of aromatic nitrogens is 2. The van der Waals surface area contributed by atoms with Crippen LogP contribution in [0.1, 0.15) is 37.3 Å². The van der Waals surface area contributed by atoms with Gasteiger partial charge in [0.25, 0.3) is 0 Å². The Bertz CT molecular complexity index is 783. The number of rotatable bonds is 4. The average molecular weight is 378 g/mol. The van der Waals surface area contributed by atoms with E-state index in [1.54, 1.807) is 6.20 Å². The van der Waals surface area contributed by atoms with Crippen LogP contribution in [-0.2, 0) is 4.79 Å². The molecule has 1 aliphatic heterocycles. The first-order valence-corrected chi connectivity index (χ1v) is 9.66. The van der Waals surface area contributed by atoms with Gasteiger partial charge in [-0.15, -0.1) is 0 Å². The van der Waals surface area contributed by atoms with Crippen molar-refractivity contribution in [3.8, 4) is 0 Å². The Morgan fingerprint density at radius 2 is 2.12 bits per heavy atom. The SMILES string of the molecule is NC1(C(=O)N2CCC(c3cccc(Nc4ncc(Cl)s4)n3)CC2)CC1. The van der Waals surface area contributed by atoms with Crippen molar-refractivity contribution in [2.24, 2.45) is 5.73 Å². The van der Waals surface area contributed by atoms with E-state index in [9.17, 15) is 4.79 Å². The van der Waals surface area contributed by atoms with Gasteiger partial charge in [0, 0.05) is 24.7 Å². The van der Waals surface area contributed by atoms with Crippen LogP contribution in [-0.4, -0.2) is 39.4 Å². The van der Waals surface area contributed by atoms with E-state index >= 15 is 0 Å². The van der Waals surface area contributed by atoms with Gasteiger partial charge >= 0.3 is 0 Å². The summed E-state index contributed by atoms with van der Waals surface area (Å²) in [6, 6.07) is 5.96. The number of likely N-dealkylation sites (tertiary alicyclic amines) is 1. The van der Waals surface area contributed by atoms with Crippen LogP contribution in [0, 0.1) is 0 Å². The molecular formula is C17H20ClN5OS. The third kappa shape index (κ3) is 3.63. The minimum absolute atomic E-state index is 0.120. The first kappa shape index (κ1) is 16.8. The molecule has 2 aliphatic rings. The molecule has 4 rings (SSSR count). The highest BCUT2D eigenvalue weighted by atomic mass is 35.5. The van der Waals surface area contributed by atoms with Gasteiger partial charge in [-0.1, -0.05) is 29.0 Å². The van der Waals surface area contributed by atoms with Gasteiger partial charge in [0.15, 0.2) is 5.13 Å². The molecule has 2 fully saturated rings. The number of halogens is 1. The van der Waals surface area contributed by atoms with E-state index in [1.165, 1.54) is 11.3 Å². The van der Waals surface area contributed by atoms with E-state index in [-0.39, 0.29) is 5.91 Å². The minimum atomic E-state index is -0.566. The molecule has 2 aromatic rings. The monoisotopic (exact) mass is 377 g/mol. The standard InChI is InChI=1S/C17H20ClN5OS/c18-13-10-20-16(25-13)22-14-3-1-2-12(21-14)11-4-8-23(9-5-11)15(24)17(19)6-7-17/h1-3,10-11H,4-9,19H2,(H,20,21,22). The topological polar surface area (TPSA) is 84.1 Å². The molecule has 1 saturated heterocycles. The van der Waals surface area contributed by atoms with E-state index in [0.717, 1.165) is 55.4 Å². The molecule has 1 saturated carbocycles. The van der Waals surface area contributed by atoms with Crippen LogP contribution in [0.4, 0.5) is 10.9 Å². The molecule has 0 atom stereocenters. The van der Waals surface area contributed by atoms with E-state index in [4.69, 9.17) is 22.3 Å². The number of carbonyl (C=O) groups excluding carboxylic acids is 1. The Morgan fingerprint density at radius 3 is 2.76 bits per heavy atom. The summed E-state index contributed by atoms with van der Waals surface area (Å²) in [5, 5.41) is 3.92. The predicted molar refractivity (Wildman–Crippen MR) is 99.4 cm³/mol. The fourth-order valence-electron chi connectivity index (χ4n) is 3.21. The second kappa shape index (κ2) is 6.55. The largest absolute Gasteiger partial charge is 0.341 e. The highest BCUT2D eigenvalue weighted by Gasteiger charge is 2.48. The van der Waals surface area contributed by atoms with Gasteiger partial charge < -0.3 is 16.0 Å². The number of pyridine rings is 1. The molecule has 3 heterocycles. The summed E-state index contributed by atoms with van der Waals surface area (Å²) in [7, 11) is 0. The van der Waals surface area contributed by atoms with E-state index in [0.29, 0.717) is 10.3 Å². The van der Waals surface area contributed by atoms with Crippen LogP contribution in [0.25, 0.3) is 0 Å². The molecule has 0 aromatic carbocycles. The summed E-state index contributed by atoms with van der Waals surface area (Å²) in [5.74, 6) is 1.24. The number of anilines is 2. The molecule has 3 N–H and O–H groups in total. The van der Waals surface area contributed by atoms with Crippen molar-refractivity contribution < 1.29 is 4.79 Å². The second-order valence-corrected chi connectivity index (χ2v) is 8.43. The quantitative estimate of drug-likeness (QED) is 0.855. The lowest BCUT2D eigenvalue weighted by Gasteiger charge is -2.33. The molecular weight excluding hydrogens is 358 g/mol. The number of hydrogen-bond donors (Lipinski definition) is 2. The molecule has 1 amide bonds. The van der Waals surface area contributed by atoms with Crippen molar-refractivity contribution in [3.63, 3.8) is 0 Å². The number of nitrogens with two attached hydrogens (primary N) is 1. The molecule has 0 spiro atoms. The summed E-state index contributed by atoms with van der Waals surface area (Å²) in [6.45, 7) is 1.51.